The number of rotatable bonds is 5. The zero-order valence-corrected chi connectivity index (χ0v) is 11.4. The van der Waals surface area contributed by atoms with Gasteiger partial charge in [0.1, 0.15) is 12.4 Å². The van der Waals surface area contributed by atoms with E-state index in [0.29, 0.717) is 24.5 Å². The highest BCUT2D eigenvalue weighted by Gasteiger charge is 2.20. The molecule has 18 heavy (non-hydrogen) atoms. The van der Waals surface area contributed by atoms with Gasteiger partial charge in [0.05, 0.1) is 35.2 Å². The number of hydrogen-bond donors (Lipinski definition) is 1. The summed E-state index contributed by atoms with van der Waals surface area (Å²) in [6.07, 6.45) is 3.80. The Morgan fingerprint density at radius 2 is 2.39 bits per heavy atom. The van der Waals surface area contributed by atoms with Gasteiger partial charge in [-0.05, 0) is 22.0 Å². The summed E-state index contributed by atoms with van der Waals surface area (Å²) in [6, 6.07) is 1.67. The van der Waals surface area contributed by atoms with Crippen LogP contribution in [0.2, 0.25) is 0 Å². The molecule has 2 aromatic heterocycles. The van der Waals surface area contributed by atoms with Crippen LogP contribution in [-0.2, 0) is 11.3 Å². The van der Waals surface area contributed by atoms with Gasteiger partial charge < -0.3 is 9.84 Å². The van der Waals surface area contributed by atoms with E-state index in [1.54, 1.807) is 30.3 Å². The second kappa shape index (κ2) is 6.03. The lowest BCUT2D eigenvalue weighted by atomic mass is 10.2. The highest BCUT2D eigenvalue weighted by molar-refractivity contribution is 9.10. The van der Waals surface area contributed by atoms with Gasteiger partial charge in [0.2, 0.25) is 0 Å². The molecule has 0 bridgehead atoms. The fraction of sp³-hybridized carbons (Fsp3) is 0.364. The Labute approximate surface area is 113 Å². The van der Waals surface area contributed by atoms with E-state index in [1.165, 1.54) is 6.33 Å². The van der Waals surface area contributed by atoms with Crippen molar-refractivity contribution < 1.29 is 9.84 Å². The number of ether oxygens (including phenoxy) is 1. The van der Waals surface area contributed by atoms with Crippen molar-refractivity contribution in [2.45, 2.75) is 12.6 Å². The fourth-order valence-corrected chi connectivity index (χ4v) is 2.12. The maximum absolute atomic E-state index is 10.3. The molecule has 0 saturated carbocycles. The van der Waals surface area contributed by atoms with Crippen molar-refractivity contribution in [3.63, 3.8) is 0 Å². The fourth-order valence-electron chi connectivity index (χ4n) is 1.60. The van der Waals surface area contributed by atoms with Crippen LogP contribution in [0.1, 0.15) is 17.5 Å². The van der Waals surface area contributed by atoms with E-state index < -0.39 is 6.10 Å². The van der Waals surface area contributed by atoms with Crippen LogP contribution in [0.4, 0.5) is 0 Å². The van der Waals surface area contributed by atoms with Gasteiger partial charge >= 0.3 is 0 Å². The van der Waals surface area contributed by atoms with Crippen LogP contribution in [0.25, 0.3) is 0 Å². The minimum Gasteiger partial charge on any atom is -0.383 e. The molecule has 6 nitrogen and oxygen atoms in total. The summed E-state index contributed by atoms with van der Waals surface area (Å²) >= 11 is 3.38. The maximum atomic E-state index is 10.3. The number of aliphatic hydroxyl groups is 1. The Kier molecular flexibility index (Phi) is 4.40. The quantitative estimate of drug-likeness (QED) is 0.897. The van der Waals surface area contributed by atoms with Crippen LogP contribution in [0.3, 0.4) is 0 Å². The van der Waals surface area contributed by atoms with Crippen LogP contribution in [-0.4, -0.2) is 38.6 Å². The Hall–Kier alpha value is -1.31. The van der Waals surface area contributed by atoms with Gasteiger partial charge in [-0.15, -0.1) is 0 Å². The molecule has 96 valence electrons. The highest BCUT2D eigenvalue weighted by Crippen LogP contribution is 2.27. The molecule has 0 saturated heterocycles. The van der Waals surface area contributed by atoms with E-state index >= 15 is 0 Å². The molecule has 1 atom stereocenters. The molecule has 1 N–H and O–H groups in total. The molecular formula is C11H13BrN4O2. The van der Waals surface area contributed by atoms with Gasteiger partial charge in [-0.25, -0.2) is 9.97 Å². The zero-order valence-electron chi connectivity index (χ0n) is 9.82. The summed E-state index contributed by atoms with van der Waals surface area (Å²) in [5.74, 6) is 0. The zero-order chi connectivity index (χ0) is 13.0. The maximum Gasteiger partial charge on any atom is 0.139 e. The molecule has 1 unspecified atom stereocenters. The summed E-state index contributed by atoms with van der Waals surface area (Å²) in [7, 11) is 1.62. The summed E-state index contributed by atoms with van der Waals surface area (Å²) in [5, 5.41) is 14.5. The standard InChI is InChI=1S/C11H13BrN4O2/c1-18-5-4-16-10(8(12)6-15-16)11(17)9-2-3-13-7-14-9/h2-3,6-7,11,17H,4-5H2,1H3. The summed E-state index contributed by atoms with van der Waals surface area (Å²) in [5.41, 5.74) is 1.19. The first-order valence-corrected chi connectivity index (χ1v) is 6.17. The molecule has 0 fully saturated rings. The van der Waals surface area contributed by atoms with Gasteiger partial charge in [0, 0.05) is 13.3 Å². The molecule has 0 radical (unpaired) electrons. The van der Waals surface area contributed by atoms with Crippen LogP contribution < -0.4 is 0 Å². The molecule has 2 rings (SSSR count). The molecule has 0 aliphatic carbocycles. The van der Waals surface area contributed by atoms with E-state index in [1.807, 2.05) is 0 Å². The number of methoxy groups -OCH3 is 1. The molecule has 0 aliphatic heterocycles. The van der Waals surface area contributed by atoms with E-state index in [9.17, 15) is 5.11 Å². The smallest absolute Gasteiger partial charge is 0.139 e. The molecule has 0 spiro atoms. The van der Waals surface area contributed by atoms with Gasteiger partial charge in [-0.3, -0.25) is 4.68 Å². The Morgan fingerprint density at radius 3 is 3.06 bits per heavy atom. The van der Waals surface area contributed by atoms with Crippen molar-refractivity contribution in [3.8, 4) is 0 Å². The first kappa shape index (κ1) is 13.1. The normalized spacial score (nSPS) is 12.6. The number of aliphatic hydroxyl groups excluding tert-OH is 1. The average molecular weight is 313 g/mol. The molecule has 7 heteroatoms. The lowest BCUT2D eigenvalue weighted by molar-refractivity contribution is 0.169. The van der Waals surface area contributed by atoms with Crippen molar-refractivity contribution in [1.82, 2.24) is 19.7 Å². The predicted octanol–water partition coefficient (Wildman–Crippen LogP) is 1.16. The summed E-state index contributed by atoms with van der Waals surface area (Å²) in [6.45, 7) is 1.09. The summed E-state index contributed by atoms with van der Waals surface area (Å²) < 4.78 is 7.45. The van der Waals surface area contributed by atoms with Crippen LogP contribution in [0.5, 0.6) is 0 Å². The van der Waals surface area contributed by atoms with Crippen LogP contribution in [0.15, 0.2) is 29.3 Å². The SMILES string of the molecule is COCCn1ncc(Br)c1C(O)c1ccncn1. The first-order chi connectivity index (χ1) is 8.74. The Bertz CT molecular complexity index is 503. The average Bonchev–Trinajstić information content (AvgIpc) is 2.77. The minimum absolute atomic E-state index is 0.525. The van der Waals surface area contributed by atoms with Crippen LogP contribution in [0, 0.1) is 0 Å². The van der Waals surface area contributed by atoms with Gasteiger partial charge in [-0.2, -0.15) is 5.10 Å². The van der Waals surface area contributed by atoms with Gasteiger partial charge in [0.15, 0.2) is 0 Å². The van der Waals surface area contributed by atoms with E-state index in [-0.39, 0.29) is 0 Å². The van der Waals surface area contributed by atoms with E-state index in [4.69, 9.17) is 4.74 Å². The molecular weight excluding hydrogens is 300 g/mol. The van der Waals surface area contributed by atoms with Crippen molar-refractivity contribution in [1.29, 1.82) is 0 Å². The van der Waals surface area contributed by atoms with E-state index in [0.717, 1.165) is 4.47 Å². The highest BCUT2D eigenvalue weighted by atomic mass is 79.9. The molecule has 0 amide bonds. The molecule has 0 aromatic carbocycles. The Balaban J connectivity index is 2.29. The largest absolute Gasteiger partial charge is 0.383 e. The third-order valence-corrected chi connectivity index (χ3v) is 3.10. The topological polar surface area (TPSA) is 73.1 Å². The summed E-state index contributed by atoms with van der Waals surface area (Å²) in [4.78, 5) is 7.87. The second-order valence-electron chi connectivity index (χ2n) is 3.63. The minimum atomic E-state index is -0.846. The molecule has 2 aromatic rings. The van der Waals surface area contributed by atoms with Crippen molar-refractivity contribution >= 4 is 15.9 Å². The van der Waals surface area contributed by atoms with E-state index in [2.05, 4.69) is 31.0 Å². The lowest BCUT2D eigenvalue weighted by Crippen LogP contribution is -2.14. The second-order valence-corrected chi connectivity index (χ2v) is 4.48. The van der Waals surface area contributed by atoms with Crippen molar-refractivity contribution in [2.75, 3.05) is 13.7 Å². The van der Waals surface area contributed by atoms with Gasteiger partial charge in [0.25, 0.3) is 0 Å². The van der Waals surface area contributed by atoms with Crippen molar-refractivity contribution in [2.24, 2.45) is 0 Å². The Morgan fingerprint density at radius 1 is 1.56 bits per heavy atom. The lowest BCUT2D eigenvalue weighted by Gasteiger charge is -2.13. The third-order valence-electron chi connectivity index (χ3n) is 2.48. The molecule has 0 aliphatic rings. The molecule has 2 heterocycles. The third kappa shape index (κ3) is 2.74. The first-order valence-electron chi connectivity index (χ1n) is 5.38. The van der Waals surface area contributed by atoms with Gasteiger partial charge in [-0.1, -0.05) is 0 Å². The monoisotopic (exact) mass is 312 g/mol. The number of nitrogens with zero attached hydrogens (tertiary/aromatic N) is 4. The predicted molar refractivity (Wildman–Crippen MR) is 67.9 cm³/mol. The van der Waals surface area contributed by atoms with Crippen LogP contribution >= 0.6 is 15.9 Å². The van der Waals surface area contributed by atoms with Crippen molar-refractivity contribution in [3.05, 3.63) is 40.6 Å². The number of hydrogen-bond acceptors (Lipinski definition) is 5. The number of halogens is 1. The number of aromatic nitrogens is 4.